The molecule has 0 aliphatic heterocycles. The van der Waals surface area contributed by atoms with Crippen LogP contribution in [0.4, 0.5) is 0 Å². The fraction of sp³-hybridized carbons (Fsp3) is 0.923. The number of carbonyl (C=O) groups is 1. The molecule has 0 aromatic rings. The van der Waals surface area contributed by atoms with Crippen LogP contribution < -0.4 is 0 Å². The van der Waals surface area contributed by atoms with E-state index in [4.69, 9.17) is 5.11 Å². The van der Waals surface area contributed by atoms with Gasteiger partial charge in [-0.25, -0.2) is 0 Å². The number of aliphatic carboxylic acids is 1. The molecule has 0 radical (unpaired) electrons. The Kier molecular flexibility index (Phi) is 4.78. The SMILES string of the molecule is CCN(CC(=O)O)C1CCCC(C)(C)CC1. The van der Waals surface area contributed by atoms with Crippen LogP contribution >= 0.6 is 0 Å². The van der Waals surface area contributed by atoms with Crippen LogP contribution in [0, 0.1) is 5.41 Å². The van der Waals surface area contributed by atoms with Crippen molar-refractivity contribution in [3.63, 3.8) is 0 Å². The number of likely N-dealkylation sites (N-methyl/N-ethyl adjacent to an activating group) is 1. The van der Waals surface area contributed by atoms with E-state index >= 15 is 0 Å². The van der Waals surface area contributed by atoms with Gasteiger partial charge in [0.15, 0.2) is 0 Å². The van der Waals surface area contributed by atoms with E-state index in [-0.39, 0.29) is 6.54 Å². The van der Waals surface area contributed by atoms with Gasteiger partial charge in [0.25, 0.3) is 0 Å². The van der Waals surface area contributed by atoms with Crippen molar-refractivity contribution in [3.8, 4) is 0 Å². The predicted molar refractivity (Wildman–Crippen MR) is 65.5 cm³/mol. The highest BCUT2D eigenvalue weighted by Gasteiger charge is 2.27. The van der Waals surface area contributed by atoms with Crippen molar-refractivity contribution >= 4 is 5.97 Å². The average molecular weight is 227 g/mol. The van der Waals surface area contributed by atoms with Crippen molar-refractivity contribution in [1.82, 2.24) is 4.90 Å². The number of carboxylic acid groups (broad SMARTS) is 1. The Labute approximate surface area is 98.8 Å². The lowest BCUT2D eigenvalue weighted by Crippen LogP contribution is -2.38. The molecule has 0 saturated heterocycles. The molecule has 0 heterocycles. The number of hydrogen-bond acceptors (Lipinski definition) is 2. The van der Waals surface area contributed by atoms with Gasteiger partial charge in [0.1, 0.15) is 0 Å². The Hall–Kier alpha value is -0.570. The van der Waals surface area contributed by atoms with Crippen molar-refractivity contribution in [2.45, 2.75) is 58.9 Å². The maximum absolute atomic E-state index is 10.8. The lowest BCUT2D eigenvalue weighted by Gasteiger charge is -2.29. The summed E-state index contributed by atoms with van der Waals surface area (Å²) in [5.41, 5.74) is 0.442. The van der Waals surface area contributed by atoms with Gasteiger partial charge in [-0.15, -0.1) is 0 Å². The summed E-state index contributed by atoms with van der Waals surface area (Å²) in [5.74, 6) is -0.703. The maximum atomic E-state index is 10.8. The van der Waals surface area contributed by atoms with Crippen LogP contribution in [0.2, 0.25) is 0 Å². The van der Waals surface area contributed by atoms with E-state index < -0.39 is 5.97 Å². The molecule has 1 aliphatic carbocycles. The van der Waals surface area contributed by atoms with E-state index in [1.165, 1.54) is 19.3 Å². The molecule has 1 atom stereocenters. The largest absolute Gasteiger partial charge is 0.480 e. The molecule has 0 amide bonds. The van der Waals surface area contributed by atoms with E-state index in [0.717, 1.165) is 19.4 Å². The molecule has 3 nitrogen and oxygen atoms in total. The molecule has 1 aliphatic rings. The third-order valence-corrected chi connectivity index (χ3v) is 3.81. The lowest BCUT2D eigenvalue weighted by molar-refractivity contribution is -0.139. The standard InChI is InChI=1S/C13H25NO2/c1-4-14(10-12(15)16)11-6-5-8-13(2,3)9-7-11/h11H,4-10H2,1-3H3,(H,15,16). The van der Waals surface area contributed by atoms with E-state index in [0.29, 0.717) is 11.5 Å². The van der Waals surface area contributed by atoms with E-state index in [1.54, 1.807) is 0 Å². The van der Waals surface area contributed by atoms with Crippen molar-refractivity contribution in [1.29, 1.82) is 0 Å². The molecule has 1 N–H and O–H groups in total. The highest BCUT2D eigenvalue weighted by Crippen LogP contribution is 2.35. The average Bonchev–Trinajstić information content (AvgIpc) is 2.35. The zero-order valence-corrected chi connectivity index (χ0v) is 10.8. The van der Waals surface area contributed by atoms with Crippen LogP contribution in [0.15, 0.2) is 0 Å². The third-order valence-electron chi connectivity index (χ3n) is 3.81. The van der Waals surface area contributed by atoms with Gasteiger partial charge in [-0.1, -0.05) is 27.2 Å². The molecule has 94 valence electrons. The van der Waals surface area contributed by atoms with Gasteiger partial charge < -0.3 is 5.11 Å². The van der Waals surface area contributed by atoms with Crippen molar-refractivity contribution in [2.75, 3.05) is 13.1 Å². The Morgan fingerprint density at radius 1 is 1.38 bits per heavy atom. The van der Waals surface area contributed by atoms with Crippen LogP contribution in [0.1, 0.15) is 52.9 Å². The van der Waals surface area contributed by atoms with Crippen LogP contribution in [0.3, 0.4) is 0 Å². The first-order chi connectivity index (χ1) is 7.44. The molecule has 3 heteroatoms. The molecular formula is C13H25NO2. The third kappa shape index (κ3) is 4.12. The van der Waals surface area contributed by atoms with E-state index in [1.807, 2.05) is 0 Å². The van der Waals surface area contributed by atoms with Crippen LogP contribution in [0.5, 0.6) is 0 Å². The van der Waals surface area contributed by atoms with Gasteiger partial charge >= 0.3 is 5.97 Å². The smallest absolute Gasteiger partial charge is 0.317 e. The summed E-state index contributed by atoms with van der Waals surface area (Å²) < 4.78 is 0. The Morgan fingerprint density at radius 3 is 2.62 bits per heavy atom. The van der Waals surface area contributed by atoms with Gasteiger partial charge in [-0.2, -0.15) is 0 Å². The molecule has 1 fully saturated rings. The highest BCUT2D eigenvalue weighted by atomic mass is 16.4. The van der Waals surface area contributed by atoms with Gasteiger partial charge in [0.05, 0.1) is 6.54 Å². The maximum Gasteiger partial charge on any atom is 0.317 e. The first-order valence-corrected chi connectivity index (χ1v) is 6.40. The van der Waals surface area contributed by atoms with E-state index in [2.05, 4.69) is 25.7 Å². The van der Waals surface area contributed by atoms with Gasteiger partial charge in [0, 0.05) is 6.04 Å². The molecule has 0 aromatic heterocycles. The fourth-order valence-corrected chi connectivity index (χ4v) is 2.68. The van der Waals surface area contributed by atoms with Crippen LogP contribution in [0.25, 0.3) is 0 Å². The van der Waals surface area contributed by atoms with Crippen molar-refractivity contribution < 1.29 is 9.90 Å². The van der Waals surface area contributed by atoms with Gasteiger partial charge in [-0.3, -0.25) is 9.69 Å². The van der Waals surface area contributed by atoms with Crippen LogP contribution in [-0.4, -0.2) is 35.1 Å². The summed E-state index contributed by atoms with van der Waals surface area (Å²) in [4.78, 5) is 12.9. The zero-order valence-electron chi connectivity index (χ0n) is 10.8. The van der Waals surface area contributed by atoms with E-state index in [9.17, 15) is 4.79 Å². The number of nitrogens with zero attached hydrogens (tertiary/aromatic N) is 1. The second-order valence-corrected chi connectivity index (χ2v) is 5.71. The summed E-state index contributed by atoms with van der Waals surface area (Å²) in [7, 11) is 0. The lowest BCUT2D eigenvalue weighted by atomic mass is 9.85. The summed E-state index contributed by atoms with van der Waals surface area (Å²) >= 11 is 0. The Bertz CT molecular complexity index is 238. The first kappa shape index (κ1) is 13.5. The molecule has 0 aromatic carbocycles. The minimum Gasteiger partial charge on any atom is -0.480 e. The zero-order chi connectivity index (χ0) is 12.2. The highest BCUT2D eigenvalue weighted by molar-refractivity contribution is 5.69. The molecule has 1 saturated carbocycles. The molecular weight excluding hydrogens is 202 g/mol. The minimum absolute atomic E-state index is 0.196. The second-order valence-electron chi connectivity index (χ2n) is 5.71. The minimum atomic E-state index is -0.703. The summed E-state index contributed by atoms with van der Waals surface area (Å²) in [6.07, 6.45) is 6.02. The number of carboxylic acids is 1. The van der Waals surface area contributed by atoms with Crippen molar-refractivity contribution in [2.24, 2.45) is 5.41 Å². The normalized spacial score (nSPS) is 25.4. The van der Waals surface area contributed by atoms with Gasteiger partial charge in [-0.05, 0) is 37.6 Å². The number of hydrogen-bond donors (Lipinski definition) is 1. The molecule has 1 unspecified atom stereocenters. The predicted octanol–water partition coefficient (Wildman–Crippen LogP) is 2.75. The summed E-state index contributed by atoms with van der Waals surface area (Å²) in [6.45, 7) is 7.74. The Morgan fingerprint density at radius 2 is 2.06 bits per heavy atom. The summed E-state index contributed by atoms with van der Waals surface area (Å²) in [6, 6.07) is 0.475. The molecule has 0 bridgehead atoms. The monoisotopic (exact) mass is 227 g/mol. The number of rotatable bonds is 4. The Balaban J connectivity index is 2.54. The molecule has 1 rings (SSSR count). The fourth-order valence-electron chi connectivity index (χ4n) is 2.68. The topological polar surface area (TPSA) is 40.5 Å². The first-order valence-electron chi connectivity index (χ1n) is 6.40. The van der Waals surface area contributed by atoms with Crippen molar-refractivity contribution in [3.05, 3.63) is 0 Å². The molecule has 16 heavy (non-hydrogen) atoms. The van der Waals surface area contributed by atoms with Gasteiger partial charge in [0.2, 0.25) is 0 Å². The summed E-state index contributed by atoms with van der Waals surface area (Å²) in [5, 5.41) is 8.88. The second kappa shape index (κ2) is 5.67. The van der Waals surface area contributed by atoms with Crippen LogP contribution in [-0.2, 0) is 4.79 Å². The quantitative estimate of drug-likeness (QED) is 0.751. The molecule has 0 spiro atoms.